The zero-order valence-electron chi connectivity index (χ0n) is 36.2. The van der Waals surface area contributed by atoms with Gasteiger partial charge in [0, 0.05) is 50.3 Å². The van der Waals surface area contributed by atoms with E-state index in [1.807, 2.05) is 6.07 Å². The van der Waals surface area contributed by atoms with Crippen molar-refractivity contribution in [2.75, 3.05) is 0 Å². The number of imidazole rings is 1. The van der Waals surface area contributed by atoms with E-state index < -0.39 is 8.07 Å². The van der Waals surface area contributed by atoms with Crippen LogP contribution in [0.4, 0.5) is 0 Å². The highest BCUT2D eigenvalue weighted by Crippen LogP contribution is 2.47. The first kappa shape index (κ1) is 37.3. The van der Waals surface area contributed by atoms with Crippen molar-refractivity contribution in [2.24, 2.45) is 5.92 Å². The molecule has 62 heavy (non-hydrogen) atoms. The fourth-order valence-corrected chi connectivity index (χ4v) is 12.8. The predicted octanol–water partition coefficient (Wildman–Crippen LogP) is 13.2. The average Bonchev–Trinajstić information content (AvgIpc) is 3.94. The Morgan fingerprint density at radius 2 is 1.44 bits per heavy atom. The van der Waals surface area contributed by atoms with Crippen LogP contribution >= 0.6 is 0 Å². The molecule has 2 atom stereocenters. The molecule has 0 spiro atoms. The molecule has 0 saturated heterocycles. The second-order valence-corrected chi connectivity index (χ2v) is 24.3. The monoisotopic (exact) mass is 825 g/mol. The lowest BCUT2D eigenvalue weighted by Crippen LogP contribution is -2.54. The molecule has 0 bridgehead atoms. The van der Waals surface area contributed by atoms with Gasteiger partial charge in [-0.1, -0.05) is 119 Å². The molecule has 2 aliphatic heterocycles. The molecule has 0 aliphatic carbocycles. The molecular weight excluding hydrogens is 775 g/mol. The summed E-state index contributed by atoms with van der Waals surface area (Å²) in [4.78, 5) is 0. The summed E-state index contributed by atoms with van der Waals surface area (Å²) in [6, 6.07) is 49.0. The molecule has 0 saturated carbocycles. The van der Waals surface area contributed by atoms with Crippen LogP contribution in [0.15, 0.2) is 155 Å². The van der Waals surface area contributed by atoms with Gasteiger partial charge < -0.3 is 8.83 Å². The topological polar surface area (TPSA) is 39.0 Å². The number of hydrogen-bond donors (Lipinski definition) is 0. The van der Waals surface area contributed by atoms with Crippen molar-refractivity contribution in [3.05, 3.63) is 163 Å². The van der Waals surface area contributed by atoms with Crippen molar-refractivity contribution in [1.29, 1.82) is 0 Å². The van der Waals surface area contributed by atoms with Gasteiger partial charge in [0.25, 0.3) is 0 Å². The van der Waals surface area contributed by atoms with Gasteiger partial charge >= 0.3 is 5.82 Å². The fourth-order valence-electron chi connectivity index (χ4n) is 11.2. The summed E-state index contributed by atoms with van der Waals surface area (Å²) in [5.74, 6) is 1.91. The molecule has 6 aromatic carbocycles. The van der Waals surface area contributed by atoms with Crippen LogP contribution in [0.1, 0.15) is 55.3 Å². The lowest BCUT2D eigenvalue weighted by molar-refractivity contribution is -0.719. The van der Waals surface area contributed by atoms with Crippen LogP contribution in [-0.2, 0) is 12.8 Å². The minimum Gasteiger partial charge on any atom is -0.456 e. The van der Waals surface area contributed by atoms with Crippen molar-refractivity contribution in [1.82, 2.24) is 4.57 Å². The number of pyridine rings is 1. The highest BCUT2D eigenvalue weighted by atomic mass is 28.3. The number of fused-ring (bicyclic) bond motifs is 18. The Bertz CT molecular complexity index is 3480. The smallest absolute Gasteiger partial charge is 0.304 e. The van der Waals surface area contributed by atoms with Gasteiger partial charge in [-0.3, -0.25) is 0 Å². The highest BCUT2D eigenvalue weighted by Gasteiger charge is 2.45. The molecule has 6 heteroatoms. The number of nitrogens with zero attached hydrogens (tertiary/aromatic N) is 3. The standard InChI is InChI=1S/C56H51N3O2Si/c1-34(2)29-37-31-49-40-16-8-7-15-39(40)41-26-23-36-24-27-45-43-18-10-14-22-51(43)61-55(45)54(36)56-58(35(3)30-48(41)57(49)33-53(37)62(4,5)6)46-19-11-12-20-47(46)59(56)38-25-28-44-42-17-9-13-21-50(42)60-52(44)32-38/h7-22,24-25,27-28,31-34,41,48H,3,23,26,29-30H2,1-2,4-6H3/q+2. The SMILES string of the molecule is C=C1CC2C(CCc3ccc4c(oc5ccccc54)c3-c3n(-c4ccc5c(c4)oc4ccccc45)c4ccccc4[n+]31)c1ccccc1-c1cc(CC(C)C)c([Si](C)(C)C)c[n+]12. The second kappa shape index (κ2) is 13.8. The van der Waals surface area contributed by atoms with Gasteiger partial charge in [-0.2, -0.15) is 13.7 Å². The lowest BCUT2D eigenvalue weighted by atomic mass is 9.77. The van der Waals surface area contributed by atoms with Crippen molar-refractivity contribution >= 4 is 73.9 Å². The zero-order valence-corrected chi connectivity index (χ0v) is 37.2. The number of aryl methyl sites for hydroxylation is 1. The third-order valence-electron chi connectivity index (χ3n) is 13.8. The van der Waals surface area contributed by atoms with Crippen molar-refractivity contribution in [3.8, 4) is 28.3 Å². The summed E-state index contributed by atoms with van der Waals surface area (Å²) >= 11 is 0. The molecule has 304 valence electrons. The second-order valence-electron chi connectivity index (χ2n) is 19.3. The molecule has 0 radical (unpaired) electrons. The van der Waals surface area contributed by atoms with Gasteiger partial charge in [0.15, 0.2) is 28.9 Å². The van der Waals surface area contributed by atoms with E-state index in [0.717, 1.165) is 103 Å². The zero-order chi connectivity index (χ0) is 42.0. The van der Waals surface area contributed by atoms with Crippen LogP contribution in [0.3, 0.4) is 0 Å². The van der Waals surface area contributed by atoms with Crippen LogP contribution in [-0.4, -0.2) is 12.6 Å². The molecule has 6 heterocycles. The van der Waals surface area contributed by atoms with E-state index in [1.54, 1.807) is 5.19 Å². The van der Waals surface area contributed by atoms with Gasteiger partial charge in [-0.15, -0.1) is 0 Å². The number of rotatable bonds is 4. The van der Waals surface area contributed by atoms with Gasteiger partial charge in [0.05, 0.1) is 14.5 Å². The summed E-state index contributed by atoms with van der Waals surface area (Å²) in [6.07, 6.45) is 6.33. The Kier molecular flexibility index (Phi) is 8.27. The number of para-hydroxylation sites is 4. The molecule has 0 amide bonds. The van der Waals surface area contributed by atoms with Gasteiger partial charge in [-0.05, 0) is 84.3 Å². The molecule has 12 rings (SSSR count). The first-order valence-corrected chi connectivity index (χ1v) is 25.9. The molecule has 0 fully saturated rings. The molecule has 2 aliphatic rings. The van der Waals surface area contributed by atoms with Crippen LogP contribution in [0.2, 0.25) is 19.6 Å². The van der Waals surface area contributed by atoms with Crippen LogP contribution < -0.4 is 14.3 Å². The van der Waals surface area contributed by atoms with Crippen LogP contribution in [0.5, 0.6) is 0 Å². The Morgan fingerprint density at radius 1 is 0.742 bits per heavy atom. The summed E-state index contributed by atoms with van der Waals surface area (Å²) in [7, 11) is -1.73. The normalized spacial score (nSPS) is 16.5. The first-order chi connectivity index (χ1) is 30.1. The molecule has 0 N–H and O–H groups in total. The summed E-state index contributed by atoms with van der Waals surface area (Å²) < 4.78 is 21.2. The molecule has 5 nitrogen and oxygen atoms in total. The quantitative estimate of drug-likeness (QED) is 0.131. The maximum absolute atomic E-state index is 7.03. The molecule has 10 aromatic rings. The van der Waals surface area contributed by atoms with Crippen LogP contribution in [0.25, 0.3) is 88.9 Å². The molecule has 4 aromatic heterocycles. The van der Waals surface area contributed by atoms with Crippen molar-refractivity contribution in [2.45, 2.75) is 71.1 Å². The molecular formula is C56H51N3O2Si+2. The Morgan fingerprint density at radius 3 is 2.24 bits per heavy atom. The average molecular weight is 826 g/mol. The van der Waals surface area contributed by atoms with E-state index in [0.29, 0.717) is 5.92 Å². The number of aromatic nitrogens is 3. The maximum atomic E-state index is 7.03. The number of benzene rings is 6. The van der Waals surface area contributed by atoms with Gasteiger partial charge in [0.2, 0.25) is 5.69 Å². The predicted molar refractivity (Wildman–Crippen MR) is 257 cm³/mol. The lowest BCUT2D eigenvalue weighted by Gasteiger charge is -2.33. The third kappa shape index (κ3) is 5.58. The van der Waals surface area contributed by atoms with E-state index in [2.05, 4.69) is 181 Å². The van der Waals surface area contributed by atoms with E-state index in [1.165, 1.54) is 27.9 Å². The van der Waals surface area contributed by atoms with E-state index in [-0.39, 0.29) is 12.0 Å². The number of allylic oxidation sites excluding steroid dienone is 1. The minimum atomic E-state index is -1.73. The summed E-state index contributed by atoms with van der Waals surface area (Å²) in [5.41, 5.74) is 15.9. The number of hydrogen-bond acceptors (Lipinski definition) is 2. The van der Waals surface area contributed by atoms with E-state index in [4.69, 9.17) is 15.4 Å². The van der Waals surface area contributed by atoms with Crippen LogP contribution in [0, 0.1) is 5.92 Å². The van der Waals surface area contributed by atoms with E-state index >= 15 is 0 Å². The Balaban J connectivity index is 1.16. The Hall–Kier alpha value is -6.50. The van der Waals surface area contributed by atoms with Crippen molar-refractivity contribution in [3.63, 3.8) is 0 Å². The highest BCUT2D eigenvalue weighted by molar-refractivity contribution is 6.89. The van der Waals surface area contributed by atoms with E-state index in [9.17, 15) is 0 Å². The Labute approximate surface area is 363 Å². The van der Waals surface area contributed by atoms with Gasteiger partial charge in [-0.25, -0.2) is 0 Å². The van der Waals surface area contributed by atoms with Crippen molar-refractivity contribution < 1.29 is 18.0 Å². The summed E-state index contributed by atoms with van der Waals surface area (Å²) in [5, 5.41) is 6.06. The van der Waals surface area contributed by atoms with Gasteiger partial charge in [0.1, 0.15) is 33.7 Å². The largest absolute Gasteiger partial charge is 0.456 e. The molecule has 2 unspecified atom stereocenters. The minimum absolute atomic E-state index is 0.168. The maximum Gasteiger partial charge on any atom is 0.304 e. The number of furan rings is 2. The summed E-state index contributed by atoms with van der Waals surface area (Å²) in [6.45, 7) is 17.3. The first-order valence-electron chi connectivity index (χ1n) is 22.4. The third-order valence-corrected chi connectivity index (χ3v) is 15.9. The fraction of sp³-hybridized carbons (Fsp3) is 0.214.